The fraction of sp³-hybridized carbons (Fsp3) is 0.158. The van der Waals surface area contributed by atoms with Gasteiger partial charge in [-0.25, -0.2) is 0 Å². The first kappa shape index (κ1) is 18.9. The van der Waals surface area contributed by atoms with Crippen LogP contribution >= 0.6 is 34.8 Å². The molecule has 1 atom stereocenters. The molecule has 1 aromatic heterocycles. The molecular formula is C19H16Cl3N3O. The van der Waals surface area contributed by atoms with Crippen molar-refractivity contribution in [3.8, 4) is 0 Å². The number of nitrogens with one attached hydrogen (secondary N) is 2. The molecule has 1 heterocycles. The van der Waals surface area contributed by atoms with Crippen molar-refractivity contribution in [3.63, 3.8) is 0 Å². The molecule has 0 aliphatic carbocycles. The maximum atomic E-state index is 12.8. The zero-order valence-electron chi connectivity index (χ0n) is 13.6. The van der Waals surface area contributed by atoms with E-state index in [9.17, 15) is 4.79 Å². The van der Waals surface area contributed by atoms with Crippen molar-refractivity contribution in [1.82, 2.24) is 15.6 Å². The Hall–Kier alpha value is -1.85. The molecule has 26 heavy (non-hydrogen) atoms. The second-order valence-electron chi connectivity index (χ2n) is 5.72. The molecule has 0 spiro atoms. The number of alkyl halides is 3. The highest BCUT2D eigenvalue weighted by molar-refractivity contribution is 6.68. The van der Waals surface area contributed by atoms with Gasteiger partial charge in [0, 0.05) is 24.5 Å². The Labute approximate surface area is 166 Å². The summed E-state index contributed by atoms with van der Waals surface area (Å²) in [4.78, 5) is 16.8. The van der Waals surface area contributed by atoms with Gasteiger partial charge in [0.2, 0.25) is 3.79 Å². The average Bonchev–Trinajstić information content (AvgIpc) is 2.64. The third-order valence-corrected chi connectivity index (χ3v) is 4.52. The molecule has 2 N–H and O–H groups in total. The minimum Gasteiger partial charge on any atom is -0.333 e. The van der Waals surface area contributed by atoms with E-state index < -0.39 is 9.96 Å². The highest BCUT2D eigenvalue weighted by Gasteiger charge is 2.34. The highest BCUT2D eigenvalue weighted by atomic mass is 35.6. The largest absolute Gasteiger partial charge is 0.333 e. The number of halogens is 3. The zero-order chi connectivity index (χ0) is 18.6. The molecule has 7 heteroatoms. The molecule has 3 rings (SSSR count). The number of amides is 1. The van der Waals surface area contributed by atoms with Crippen LogP contribution in [0.4, 0.5) is 0 Å². The lowest BCUT2D eigenvalue weighted by Gasteiger charge is -2.27. The average molecular weight is 409 g/mol. The molecule has 0 unspecified atom stereocenters. The predicted molar refractivity (Wildman–Crippen MR) is 107 cm³/mol. The van der Waals surface area contributed by atoms with Crippen molar-refractivity contribution in [1.29, 1.82) is 0 Å². The Kier molecular flexibility index (Phi) is 5.99. The van der Waals surface area contributed by atoms with Crippen LogP contribution in [-0.2, 0) is 6.54 Å². The molecule has 0 bridgehead atoms. The fourth-order valence-electron chi connectivity index (χ4n) is 2.60. The maximum Gasteiger partial charge on any atom is 0.253 e. The SMILES string of the molecule is O=C(N[C@@H](NCc1cccnc1)C(Cl)(Cl)Cl)c1cccc2ccccc12. The minimum atomic E-state index is -1.72. The number of aromatic nitrogens is 1. The molecule has 2 aromatic carbocycles. The number of carbonyl (C=O) groups excluding carboxylic acids is 1. The summed E-state index contributed by atoms with van der Waals surface area (Å²) in [5, 5.41) is 7.63. The Morgan fingerprint density at radius 2 is 1.81 bits per heavy atom. The lowest BCUT2D eigenvalue weighted by molar-refractivity contribution is 0.0931. The summed E-state index contributed by atoms with van der Waals surface area (Å²) >= 11 is 18.2. The van der Waals surface area contributed by atoms with Crippen LogP contribution in [0.25, 0.3) is 10.8 Å². The Bertz CT molecular complexity index is 892. The van der Waals surface area contributed by atoms with Crippen LogP contribution < -0.4 is 10.6 Å². The number of nitrogens with zero attached hydrogens (tertiary/aromatic N) is 1. The van der Waals surface area contributed by atoms with Gasteiger partial charge in [0.1, 0.15) is 6.17 Å². The lowest BCUT2D eigenvalue weighted by Crippen LogP contribution is -2.53. The number of benzene rings is 2. The summed E-state index contributed by atoms with van der Waals surface area (Å²) in [5.74, 6) is -0.322. The van der Waals surface area contributed by atoms with Crippen molar-refractivity contribution >= 4 is 51.5 Å². The van der Waals surface area contributed by atoms with E-state index in [-0.39, 0.29) is 5.91 Å². The molecule has 0 aliphatic heterocycles. The molecule has 0 radical (unpaired) electrons. The predicted octanol–water partition coefficient (Wildman–Crippen LogP) is 4.45. The summed E-state index contributed by atoms with van der Waals surface area (Å²) in [5.41, 5.74) is 1.43. The molecule has 3 aromatic rings. The third-order valence-electron chi connectivity index (χ3n) is 3.87. The molecule has 1 amide bonds. The number of fused-ring (bicyclic) bond motifs is 1. The van der Waals surface area contributed by atoms with Crippen molar-refractivity contribution in [2.75, 3.05) is 0 Å². The molecule has 134 valence electrons. The van der Waals surface area contributed by atoms with Gasteiger partial charge >= 0.3 is 0 Å². The standard InChI is InChI=1S/C19H16Cl3N3O/c20-19(21,22)18(24-12-13-5-4-10-23-11-13)25-17(26)16-9-3-7-14-6-1-2-8-15(14)16/h1-11,18,24H,12H2,(H,25,26)/t18-/m1/s1. The quantitative estimate of drug-likeness (QED) is 0.484. The molecule has 0 fully saturated rings. The van der Waals surface area contributed by atoms with E-state index >= 15 is 0 Å². The normalized spacial score (nSPS) is 12.7. The van der Waals surface area contributed by atoms with Gasteiger partial charge in [-0.15, -0.1) is 0 Å². The van der Waals surface area contributed by atoms with E-state index in [0.29, 0.717) is 12.1 Å². The number of carbonyl (C=O) groups is 1. The zero-order valence-corrected chi connectivity index (χ0v) is 15.9. The van der Waals surface area contributed by atoms with Crippen molar-refractivity contribution in [2.24, 2.45) is 0 Å². The van der Waals surface area contributed by atoms with E-state index in [4.69, 9.17) is 34.8 Å². The van der Waals surface area contributed by atoms with E-state index in [1.807, 2.05) is 48.5 Å². The maximum absolute atomic E-state index is 12.8. The Balaban J connectivity index is 1.79. The number of rotatable bonds is 5. The van der Waals surface area contributed by atoms with Crippen LogP contribution in [0.2, 0.25) is 0 Å². The summed E-state index contributed by atoms with van der Waals surface area (Å²) in [6.07, 6.45) is 2.51. The van der Waals surface area contributed by atoms with Crippen molar-refractivity contribution in [3.05, 3.63) is 78.1 Å². The van der Waals surface area contributed by atoms with Crippen molar-refractivity contribution in [2.45, 2.75) is 16.5 Å². The first-order chi connectivity index (χ1) is 12.4. The van der Waals surface area contributed by atoms with Crippen LogP contribution in [0.3, 0.4) is 0 Å². The molecule has 4 nitrogen and oxygen atoms in total. The second-order valence-corrected chi connectivity index (χ2v) is 8.09. The van der Waals surface area contributed by atoms with E-state index in [2.05, 4.69) is 15.6 Å². The van der Waals surface area contributed by atoms with Crippen LogP contribution in [0, 0.1) is 0 Å². The first-order valence-electron chi connectivity index (χ1n) is 7.93. The summed E-state index contributed by atoms with van der Waals surface area (Å²) < 4.78 is -1.72. The van der Waals surface area contributed by atoms with Crippen LogP contribution in [-0.4, -0.2) is 20.8 Å². The Morgan fingerprint density at radius 1 is 1.04 bits per heavy atom. The summed E-state index contributed by atoms with van der Waals surface area (Å²) in [6.45, 7) is 0.391. The highest BCUT2D eigenvalue weighted by Crippen LogP contribution is 2.30. The van der Waals surface area contributed by atoms with Crippen LogP contribution in [0.1, 0.15) is 15.9 Å². The van der Waals surface area contributed by atoms with E-state index in [1.165, 1.54) is 0 Å². The third kappa shape index (κ3) is 4.65. The number of hydrogen-bond donors (Lipinski definition) is 2. The molecular weight excluding hydrogens is 393 g/mol. The van der Waals surface area contributed by atoms with E-state index in [1.54, 1.807) is 18.5 Å². The van der Waals surface area contributed by atoms with Gasteiger partial charge in [-0.05, 0) is 28.5 Å². The summed E-state index contributed by atoms with van der Waals surface area (Å²) in [7, 11) is 0. The molecule has 0 aliphatic rings. The summed E-state index contributed by atoms with van der Waals surface area (Å²) in [6, 6.07) is 16.8. The fourth-order valence-corrected chi connectivity index (χ4v) is 3.00. The topological polar surface area (TPSA) is 54.0 Å². The second kappa shape index (κ2) is 8.23. The molecule has 0 saturated heterocycles. The Morgan fingerprint density at radius 3 is 2.54 bits per heavy atom. The van der Waals surface area contributed by atoms with Crippen molar-refractivity contribution < 1.29 is 4.79 Å². The minimum absolute atomic E-state index is 0.322. The van der Waals surface area contributed by atoms with Gasteiger partial charge in [-0.1, -0.05) is 77.3 Å². The van der Waals surface area contributed by atoms with Crippen LogP contribution in [0.5, 0.6) is 0 Å². The van der Waals surface area contributed by atoms with Gasteiger partial charge in [0.25, 0.3) is 5.91 Å². The number of pyridine rings is 1. The number of hydrogen-bond acceptors (Lipinski definition) is 3. The van der Waals surface area contributed by atoms with Crippen LogP contribution in [0.15, 0.2) is 67.0 Å². The van der Waals surface area contributed by atoms with Gasteiger partial charge in [0.05, 0.1) is 0 Å². The monoisotopic (exact) mass is 407 g/mol. The smallest absolute Gasteiger partial charge is 0.253 e. The first-order valence-corrected chi connectivity index (χ1v) is 9.06. The van der Waals surface area contributed by atoms with Gasteiger partial charge < -0.3 is 5.32 Å². The lowest BCUT2D eigenvalue weighted by atomic mass is 10.0. The van der Waals surface area contributed by atoms with Gasteiger partial charge in [0.15, 0.2) is 0 Å². The molecule has 0 saturated carbocycles. The van der Waals surface area contributed by atoms with E-state index in [0.717, 1.165) is 16.3 Å². The van der Waals surface area contributed by atoms with Gasteiger partial charge in [-0.2, -0.15) is 0 Å². The van der Waals surface area contributed by atoms with Gasteiger partial charge in [-0.3, -0.25) is 15.1 Å².